The number of alkyl halides is 3. The first-order valence-corrected chi connectivity index (χ1v) is 5.46. The van der Waals surface area contributed by atoms with Gasteiger partial charge in [0.2, 0.25) is 0 Å². The van der Waals surface area contributed by atoms with E-state index in [4.69, 9.17) is 4.74 Å². The van der Waals surface area contributed by atoms with Crippen molar-refractivity contribution in [1.29, 1.82) is 0 Å². The summed E-state index contributed by atoms with van der Waals surface area (Å²) < 4.78 is 43.1. The van der Waals surface area contributed by atoms with E-state index in [1.54, 1.807) is 19.1 Å². The van der Waals surface area contributed by atoms with Gasteiger partial charge in [-0.05, 0) is 30.7 Å². The van der Waals surface area contributed by atoms with Crippen molar-refractivity contribution in [1.82, 2.24) is 9.97 Å². The van der Waals surface area contributed by atoms with Crippen molar-refractivity contribution >= 4 is 0 Å². The van der Waals surface area contributed by atoms with Crippen LogP contribution in [0.5, 0.6) is 5.75 Å². The van der Waals surface area contributed by atoms with Gasteiger partial charge in [0.1, 0.15) is 11.4 Å². The highest BCUT2D eigenvalue weighted by Gasteiger charge is 2.33. The molecule has 0 aliphatic rings. The summed E-state index contributed by atoms with van der Waals surface area (Å²) in [4.78, 5) is 7.38. The molecule has 3 nitrogen and oxygen atoms in total. The average Bonchev–Trinajstić information content (AvgIpc) is 2.37. The van der Waals surface area contributed by atoms with Gasteiger partial charge in [-0.25, -0.2) is 4.98 Å². The highest BCUT2D eigenvalue weighted by atomic mass is 19.4. The van der Waals surface area contributed by atoms with E-state index in [9.17, 15) is 13.2 Å². The first-order chi connectivity index (χ1) is 8.91. The summed E-state index contributed by atoms with van der Waals surface area (Å²) in [5.41, 5.74) is 0.718. The zero-order valence-electron chi connectivity index (χ0n) is 10.3. The standard InChI is InChI=1S/C13H11F3N2O/c1-8-5-9(3-4-17-8)10-6-12(13(14,15)16)18-7-11(10)19-2/h3-7H,1-2H3. The molecule has 2 aromatic rings. The molecule has 100 valence electrons. The molecule has 19 heavy (non-hydrogen) atoms. The van der Waals surface area contributed by atoms with Crippen molar-refractivity contribution in [3.8, 4) is 16.9 Å². The molecule has 0 aliphatic heterocycles. The number of aromatic nitrogens is 2. The van der Waals surface area contributed by atoms with Gasteiger partial charge in [-0.15, -0.1) is 0 Å². The molecule has 2 rings (SSSR count). The maximum absolute atomic E-state index is 12.7. The van der Waals surface area contributed by atoms with Gasteiger partial charge in [-0.1, -0.05) is 0 Å². The van der Waals surface area contributed by atoms with Crippen LogP contribution in [-0.4, -0.2) is 17.1 Å². The monoisotopic (exact) mass is 268 g/mol. The van der Waals surface area contributed by atoms with Gasteiger partial charge in [0, 0.05) is 17.5 Å². The largest absolute Gasteiger partial charge is 0.494 e. The summed E-state index contributed by atoms with van der Waals surface area (Å²) in [6.07, 6.45) is -1.87. The lowest BCUT2D eigenvalue weighted by atomic mass is 10.1. The van der Waals surface area contributed by atoms with Crippen molar-refractivity contribution in [2.75, 3.05) is 7.11 Å². The van der Waals surface area contributed by atoms with E-state index >= 15 is 0 Å². The van der Waals surface area contributed by atoms with Crippen LogP contribution in [0.1, 0.15) is 11.4 Å². The van der Waals surface area contributed by atoms with Crippen molar-refractivity contribution in [2.45, 2.75) is 13.1 Å². The molecule has 0 bridgehead atoms. The minimum absolute atomic E-state index is 0.290. The molecule has 0 fully saturated rings. The second-order valence-corrected chi connectivity index (χ2v) is 3.95. The van der Waals surface area contributed by atoms with Gasteiger partial charge < -0.3 is 4.74 Å². The lowest BCUT2D eigenvalue weighted by Crippen LogP contribution is -2.08. The molecule has 0 N–H and O–H groups in total. The summed E-state index contributed by atoms with van der Waals surface area (Å²) >= 11 is 0. The maximum atomic E-state index is 12.7. The molecular weight excluding hydrogens is 257 g/mol. The van der Waals surface area contributed by atoms with Gasteiger partial charge >= 0.3 is 6.18 Å². The summed E-state index contributed by atoms with van der Waals surface area (Å²) in [6.45, 7) is 1.77. The van der Waals surface area contributed by atoms with Crippen molar-refractivity contribution in [3.63, 3.8) is 0 Å². The Balaban J connectivity index is 2.60. The molecule has 0 saturated heterocycles. The SMILES string of the molecule is COc1cnc(C(F)(F)F)cc1-c1ccnc(C)c1. The summed E-state index contributed by atoms with van der Waals surface area (Å²) in [5.74, 6) is 0.290. The third-order valence-corrected chi connectivity index (χ3v) is 2.59. The first kappa shape index (κ1) is 13.3. The van der Waals surface area contributed by atoms with Gasteiger partial charge in [0.25, 0.3) is 0 Å². The lowest BCUT2D eigenvalue weighted by Gasteiger charge is -2.12. The Bertz CT molecular complexity index is 597. The maximum Gasteiger partial charge on any atom is 0.433 e. The van der Waals surface area contributed by atoms with Gasteiger partial charge in [0.15, 0.2) is 0 Å². The fourth-order valence-electron chi connectivity index (χ4n) is 1.70. The Kier molecular flexibility index (Phi) is 3.42. The number of hydrogen-bond acceptors (Lipinski definition) is 3. The van der Waals surface area contributed by atoms with Crippen LogP contribution in [0.25, 0.3) is 11.1 Å². The molecule has 0 saturated carbocycles. The highest BCUT2D eigenvalue weighted by molar-refractivity contribution is 5.70. The number of nitrogens with zero attached hydrogens (tertiary/aromatic N) is 2. The van der Waals surface area contributed by atoms with Crippen molar-refractivity contribution < 1.29 is 17.9 Å². The molecule has 0 aliphatic carbocycles. The number of hydrogen-bond donors (Lipinski definition) is 0. The number of aryl methyl sites for hydroxylation is 1. The number of methoxy groups -OCH3 is 1. The van der Waals surface area contributed by atoms with Crippen molar-refractivity contribution in [2.24, 2.45) is 0 Å². The molecule has 0 atom stereocenters. The van der Waals surface area contributed by atoms with E-state index in [1.165, 1.54) is 13.3 Å². The zero-order chi connectivity index (χ0) is 14.0. The second-order valence-electron chi connectivity index (χ2n) is 3.95. The van der Waals surface area contributed by atoms with E-state index in [0.29, 0.717) is 22.6 Å². The molecule has 0 spiro atoms. The van der Waals surface area contributed by atoms with E-state index in [1.807, 2.05) is 0 Å². The number of halogens is 3. The minimum Gasteiger partial charge on any atom is -0.494 e. The summed E-state index contributed by atoms with van der Waals surface area (Å²) in [6, 6.07) is 4.30. The van der Waals surface area contributed by atoms with E-state index in [0.717, 1.165) is 12.3 Å². The summed E-state index contributed by atoms with van der Waals surface area (Å²) in [7, 11) is 1.39. The van der Waals surface area contributed by atoms with Crippen LogP contribution < -0.4 is 4.74 Å². The van der Waals surface area contributed by atoms with Gasteiger partial charge in [0.05, 0.1) is 13.3 Å². The highest BCUT2D eigenvalue weighted by Crippen LogP contribution is 2.35. The third-order valence-electron chi connectivity index (χ3n) is 2.59. The number of pyridine rings is 2. The Hall–Kier alpha value is -2.11. The molecule has 0 aromatic carbocycles. The predicted molar refractivity (Wildman–Crippen MR) is 63.8 cm³/mol. The Morgan fingerprint density at radius 3 is 2.47 bits per heavy atom. The van der Waals surface area contributed by atoms with E-state index in [-0.39, 0.29) is 0 Å². The summed E-state index contributed by atoms with van der Waals surface area (Å²) in [5, 5.41) is 0. The Morgan fingerprint density at radius 2 is 1.89 bits per heavy atom. The van der Waals surface area contributed by atoms with E-state index in [2.05, 4.69) is 9.97 Å². The predicted octanol–water partition coefficient (Wildman–Crippen LogP) is 3.48. The third kappa shape index (κ3) is 2.83. The quantitative estimate of drug-likeness (QED) is 0.836. The van der Waals surface area contributed by atoms with Crippen LogP contribution >= 0.6 is 0 Å². The molecule has 0 amide bonds. The van der Waals surface area contributed by atoms with Crippen LogP contribution in [0.3, 0.4) is 0 Å². The molecule has 0 radical (unpaired) electrons. The lowest BCUT2D eigenvalue weighted by molar-refractivity contribution is -0.141. The fourth-order valence-corrected chi connectivity index (χ4v) is 1.70. The van der Waals surface area contributed by atoms with E-state index < -0.39 is 11.9 Å². The van der Waals surface area contributed by atoms with Gasteiger partial charge in [-0.3, -0.25) is 4.98 Å². The van der Waals surface area contributed by atoms with Crippen LogP contribution in [-0.2, 0) is 6.18 Å². The second kappa shape index (κ2) is 4.87. The first-order valence-electron chi connectivity index (χ1n) is 5.46. The van der Waals surface area contributed by atoms with Crippen LogP contribution in [0.15, 0.2) is 30.6 Å². The Morgan fingerprint density at radius 1 is 1.16 bits per heavy atom. The van der Waals surface area contributed by atoms with Crippen LogP contribution in [0.4, 0.5) is 13.2 Å². The Labute approximate surface area is 108 Å². The topological polar surface area (TPSA) is 35.0 Å². The van der Waals surface area contributed by atoms with Crippen LogP contribution in [0, 0.1) is 6.92 Å². The fraction of sp³-hybridized carbons (Fsp3) is 0.231. The molecule has 2 aromatic heterocycles. The molecule has 6 heteroatoms. The van der Waals surface area contributed by atoms with Crippen LogP contribution in [0.2, 0.25) is 0 Å². The molecule has 0 unspecified atom stereocenters. The molecule has 2 heterocycles. The number of ether oxygens (including phenoxy) is 1. The average molecular weight is 268 g/mol. The minimum atomic E-state index is -4.48. The normalized spacial score (nSPS) is 11.4. The zero-order valence-corrected chi connectivity index (χ0v) is 10.3. The molecular formula is C13H11F3N2O. The van der Waals surface area contributed by atoms with Gasteiger partial charge in [-0.2, -0.15) is 13.2 Å². The van der Waals surface area contributed by atoms with Crippen molar-refractivity contribution in [3.05, 3.63) is 42.0 Å². The number of rotatable bonds is 2. The smallest absolute Gasteiger partial charge is 0.433 e.